The standard InChI is InChI=1S/C16H15N5O2/c17-7-11-1-3-12(4-2-11)16(22)20-6-5-15-14(9-20)21-13(10-23-15)8-18-19-21/h1-4,8,14-15H,5-6,9-10H2. The quantitative estimate of drug-likeness (QED) is 0.788. The lowest BCUT2D eigenvalue weighted by Crippen LogP contribution is -2.49. The van der Waals surface area contributed by atoms with Gasteiger partial charge in [-0.05, 0) is 30.7 Å². The number of benzene rings is 1. The number of nitriles is 1. The van der Waals surface area contributed by atoms with Crippen LogP contribution in [0.5, 0.6) is 0 Å². The average Bonchev–Trinajstić information content (AvgIpc) is 3.10. The summed E-state index contributed by atoms with van der Waals surface area (Å²) in [6, 6.07) is 8.80. The van der Waals surface area contributed by atoms with Crippen molar-refractivity contribution >= 4 is 5.91 Å². The van der Waals surface area contributed by atoms with Crippen LogP contribution in [0.3, 0.4) is 0 Å². The van der Waals surface area contributed by atoms with Gasteiger partial charge in [-0.15, -0.1) is 5.10 Å². The molecule has 1 amide bonds. The van der Waals surface area contributed by atoms with Crippen LogP contribution < -0.4 is 0 Å². The maximum atomic E-state index is 12.7. The molecule has 1 fully saturated rings. The highest BCUT2D eigenvalue weighted by molar-refractivity contribution is 5.94. The zero-order chi connectivity index (χ0) is 15.8. The van der Waals surface area contributed by atoms with E-state index in [1.807, 2.05) is 9.58 Å². The summed E-state index contributed by atoms with van der Waals surface area (Å²) >= 11 is 0. The van der Waals surface area contributed by atoms with Gasteiger partial charge in [-0.25, -0.2) is 4.68 Å². The molecule has 3 heterocycles. The maximum Gasteiger partial charge on any atom is 0.253 e. The summed E-state index contributed by atoms with van der Waals surface area (Å²) in [7, 11) is 0. The van der Waals surface area contributed by atoms with Crippen LogP contribution in [0.25, 0.3) is 0 Å². The van der Waals surface area contributed by atoms with E-state index in [0.717, 1.165) is 12.1 Å². The number of likely N-dealkylation sites (tertiary alicyclic amines) is 1. The summed E-state index contributed by atoms with van der Waals surface area (Å²) < 4.78 is 7.74. The van der Waals surface area contributed by atoms with Crippen molar-refractivity contribution in [2.75, 3.05) is 13.1 Å². The summed E-state index contributed by atoms with van der Waals surface area (Å²) in [5.41, 5.74) is 2.09. The van der Waals surface area contributed by atoms with E-state index in [1.165, 1.54) is 0 Å². The van der Waals surface area contributed by atoms with E-state index in [2.05, 4.69) is 16.4 Å². The number of hydrogen-bond donors (Lipinski definition) is 0. The molecule has 7 heteroatoms. The molecule has 0 aliphatic carbocycles. The fourth-order valence-electron chi connectivity index (χ4n) is 3.23. The number of piperidine rings is 1. The Hall–Kier alpha value is -2.72. The zero-order valence-corrected chi connectivity index (χ0v) is 12.4. The van der Waals surface area contributed by atoms with Crippen molar-refractivity contribution in [3.63, 3.8) is 0 Å². The second-order valence-electron chi connectivity index (χ2n) is 5.82. The van der Waals surface area contributed by atoms with Gasteiger partial charge in [0.25, 0.3) is 5.91 Å². The molecule has 0 spiro atoms. The molecule has 7 nitrogen and oxygen atoms in total. The van der Waals surface area contributed by atoms with Crippen molar-refractivity contribution < 1.29 is 9.53 Å². The molecule has 1 saturated heterocycles. The lowest BCUT2D eigenvalue weighted by atomic mass is 9.99. The van der Waals surface area contributed by atoms with Gasteiger partial charge in [0.2, 0.25) is 0 Å². The van der Waals surface area contributed by atoms with Gasteiger partial charge in [0.1, 0.15) is 0 Å². The molecule has 2 aliphatic rings. The third kappa shape index (κ3) is 2.37. The van der Waals surface area contributed by atoms with Gasteiger partial charge >= 0.3 is 0 Å². The van der Waals surface area contributed by atoms with Crippen molar-refractivity contribution in [2.24, 2.45) is 0 Å². The maximum absolute atomic E-state index is 12.7. The van der Waals surface area contributed by atoms with Crippen LogP contribution >= 0.6 is 0 Å². The summed E-state index contributed by atoms with van der Waals surface area (Å²) in [6.45, 7) is 1.74. The molecule has 2 atom stereocenters. The highest BCUT2D eigenvalue weighted by Gasteiger charge is 2.37. The van der Waals surface area contributed by atoms with E-state index in [-0.39, 0.29) is 18.1 Å². The summed E-state index contributed by atoms with van der Waals surface area (Å²) in [5, 5.41) is 16.9. The first-order chi connectivity index (χ1) is 11.3. The van der Waals surface area contributed by atoms with Crippen LogP contribution in [0.2, 0.25) is 0 Å². The Bertz CT molecular complexity index is 777. The number of rotatable bonds is 1. The van der Waals surface area contributed by atoms with Crippen molar-refractivity contribution in [1.82, 2.24) is 19.9 Å². The molecule has 4 rings (SSSR count). The lowest BCUT2D eigenvalue weighted by molar-refractivity contribution is -0.0605. The van der Waals surface area contributed by atoms with Crippen molar-refractivity contribution in [3.8, 4) is 6.07 Å². The highest BCUT2D eigenvalue weighted by atomic mass is 16.5. The van der Waals surface area contributed by atoms with E-state index >= 15 is 0 Å². The second kappa shape index (κ2) is 5.48. The Morgan fingerprint density at radius 1 is 1.35 bits per heavy atom. The third-order valence-electron chi connectivity index (χ3n) is 4.48. The first kappa shape index (κ1) is 13.9. The first-order valence-corrected chi connectivity index (χ1v) is 7.56. The number of amides is 1. The molecule has 2 aromatic rings. The molecule has 116 valence electrons. The fraction of sp³-hybridized carbons (Fsp3) is 0.375. The molecule has 0 N–H and O–H groups in total. The topological polar surface area (TPSA) is 84.0 Å². The van der Waals surface area contributed by atoms with E-state index in [0.29, 0.717) is 30.8 Å². The third-order valence-corrected chi connectivity index (χ3v) is 4.48. The van der Waals surface area contributed by atoms with E-state index in [4.69, 9.17) is 10.00 Å². The van der Waals surface area contributed by atoms with Crippen LogP contribution in [0.15, 0.2) is 30.5 Å². The molecule has 0 radical (unpaired) electrons. The summed E-state index contributed by atoms with van der Waals surface area (Å²) in [6.07, 6.45) is 2.57. The first-order valence-electron chi connectivity index (χ1n) is 7.56. The van der Waals surface area contributed by atoms with Crippen molar-refractivity contribution in [3.05, 3.63) is 47.3 Å². The molecule has 2 unspecified atom stereocenters. The smallest absolute Gasteiger partial charge is 0.253 e. The normalized spacial score (nSPS) is 22.8. The van der Waals surface area contributed by atoms with Crippen molar-refractivity contribution in [1.29, 1.82) is 5.26 Å². The lowest BCUT2D eigenvalue weighted by Gasteiger charge is -2.41. The SMILES string of the molecule is N#Cc1ccc(C(=O)N2CCC3OCc4cnnn4C3C2)cc1. The van der Waals surface area contributed by atoms with E-state index in [9.17, 15) is 4.79 Å². The number of nitrogens with zero attached hydrogens (tertiary/aromatic N) is 5. The minimum absolute atomic E-state index is 0.0114. The predicted molar refractivity (Wildman–Crippen MR) is 79.3 cm³/mol. The molecular formula is C16H15N5O2. The van der Waals surface area contributed by atoms with Gasteiger partial charge in [-0.2, -0.15) is 5.26 Å². The number of fused-ring (bicyclic) bond motifs is 3. The van der Waals surface area contributed by atoms with Crippen LogP contribution in [0, 0.1) is 11.3 Å². The van der Waals surface area contributed by atoms with E-state index < -0.39 is 0 Å². The van der Waals surface area contributed by atoms with Crippen molar-refractivity contribution in [2.45, 2.75) is 25.2 Å². The van der Waals surface area contributed by atoms with Gasteiger partial charge < -0.3 is 9.64 Å². The minimum atomic E-state index is -0.0276. The average molecular weight is 309 g/mol. The number of carbonyl (C=O) groups is 1. The van der Waals surface area contributed by atoms with E-state index in [1.54, 1.807) is 30.5 Å². The Morgan fingerprint density at radius 2 is 2.17 bits per heavy atom. The minimum Gasteiger partial charge on any atom is -0.370 e. The summed E-state index contributed by atoms with van der Waals surface area (Å²) in [5.74, 6) is -0.0276. The summed E-state index contributed by atoms with van der Waals surface area (Å²) in [4.78, 5) is 14.5. The molecule has 1 aromatic carbocycles. The van der Waals surface area contributed by atoms with Gasteiger partial charge in [0.15, 0.2) is 0 Å². The van der Waals surface area contributed by atoms with Crippen LogP contribution in [0.4, 0.5) is 0 Å². The Morgan fingerprint density at radius 3 is 2.96 bits per heavy atom. The Kier molecular flexibility index (Phi) is 3.32. The second-order valence-corrected chi connectivity index (χ2v) is 5.82. The van der Waals surface area contributed by atoms with Crippen LogP contribution in [0.1, 0.15) is 34.1 Å². The Balaban J connectivity index is 1.55. The Labute approximate surface area is 133 Å². The van der Waals surface area contributed by atoms with Gasteiger partial charge in [-0.1, -0.05) is 5.21 Å². The number of ether oxygens (including phenoxy) is 1. The monoisotopic (exact) mass is 309 g/mol. The molecule has 2 aliphatic heterocycles. The number of carbonyl (C=O) groups excluding carboxylic acids is 1. The molecular weight excluding hydrogens is 294 g/mol. The fourth-order valence-corrected chi connectivity index (χ4v) is 3.23. The van der Waals surface area contributed by atoms with Gasteiger partial charge in [0.05, 0.1) is 42.3 Å². The highest BCUT2D eigenvalue weighted by Crippen LogP contribution is 2.30. The zero-order valence-electron chi connectivity index (χ0n) is 12.4. The van der Waals surface area contributed by atoms with Crippen LogP contribution in [-0.2, 0) is 11.3 Å². The molecule has 0 bridgehead atoms. The van der Waals surface area contributed by atoms with Crippen LogP contribution in [-0.4, -0.2) is 45.0 Å². The molecule has 0 saturated carbocycles. The van der Waals surface area contributed by atoms with Gasteiger partial charge in [0, 0.05) is 18.7 Å². The predicted octanol–water partition coefficient (Wildman–Crippen LogP) is 1.14. The molecule has 23 heavy (non-hydrogen) atoms. The van der Waals surface area contributed by atoms with Gasteiger partial charge in [-0.3, -0.25) is 4.79 Å². The molecule has 1 aromatic heterocycles. The largest absolute Gasteiger partial charge is 0.370 e. The number of hydrogen-bond acceptors (Lipinski definition) is 5. The number of aromatic nitrogens is 3.